The molecule has 9 heteroatoms. The van der Waals surface area contributed by atoms with Gasteiger partial charge in [-0.3, -0.25) is 10.1 Å². The van der Waals surface area contributed by atoms with Crippen LogP contribution in [0.2, 0.25) is 5.02 Å². The van der Waals surface area contributed by atoms with Crippen molar-refractivity contribution in [3.63, 3.8) is 0 Å². The fourth-order valence-corrected chi connectivity index (χ4v) is 1.49. The van der Waals surface area contributed by atoms with Crippen molar-refractivity contribution < 1.29 is 29.4 Å². The van der Waals surface area contributed by atoms with E-state index < -0.39 is 45.2 Å². The van der Waals surface area contributed by atoms with Gasteiger partial charge in [-0.1, -0.05) is 11.6 Å². The Morgan fingerprint density at radius 2 is 2.00 bits per heavy atom. The summed E-state index contributed by atoms with van der Waals surface area (Å²) in [7, 11) is 0. The molecule has 0 aliphatic carbocycles. The molecule has 0 aliphatic heterocycles. The second-order valence-corrected chi connectivity index (χ2v) is 3.72. The number of nitro groups is 1. The molecule has 1 rings (SSSR count). The second-order valence-electron chi connectivity index (χ2n) is 3.31. The van der Waals surface area contributed by atoms with Crippen LogP contribution in [0.25, 0.3) is 0 Å². The summed E-state index contributed by atoms with van der Waals surface area (Å²) in [5.41, 5.74) is -1.37. The fraction of sp³-hybridized carbons (Fsp3) is 0.222. The molecule has 0 radical (unpaired) electrons. The summed E-state index contributed by atoms with van der Waals surface area (Å²) < 4.78 is 13.3. The Balaban J connectivity index is 3.23. The summed E-state index contributed by atoms with van der Waals surface area (Å²) in [6.45, 7) is 0. The van der Waals surface area contributed by atoms with Gasteiger partial charge in [0.1, 0.15) is 6.10 Å². The van der Waals surface area contributed by atoms with Crippen LogP contribution in [0.3, 0.4) is 0 Å². The first-order chi connectivity index (χ1) is 8.25. The Morgan fingerprint density at radius 1 is 1.44 bits per heavy atom. The van der Waals surface area contributed by atoms with Crippen LogP contribution in [0.1, 0.15) is 11.7 Å². The van der Waals surface area contributed by atoms with Gasteiger partial charge in [-0.25, -0.2) is 4.79 Å². The van der Waals surface area contributed by atoms with Gasteiger partial charge >= 0.3 is 11.7 Å². The summed E-state index contributed by atoms with van der Waals surface area (Å²) in [4.78, 5) is 19.8. The molecule has 0 fully saturated rings. The number of carboxylic acid groups (broad SMARTS) is 1. The summed E-state index contributed by atoms with van der Waals surface area (Å²) in [5.74, 6) is -3.03. The van der Waals surface area contributed by atoms with Crippen molar-refractivity contribution in [3.05, 3.63) is 38.7 Å². The molecule has 0 saturated carbocycles. The lowest BCUT2D eigenvalue weighted by Gasteiger charge is -2.15. The molecule has 1 aromatic rings. The zero-order chi connectivity index (χ0) is 14.0. The van der Waals surface area contributed by atoms with Crippen LogP contribution in [0.15, 0.2) is 12.1 Å². The largest absolute Gasteiger partial charge is 0.479 e. The Morgan fingerprint density at radius 3 is 2.44 bits per heavy atom. The molecular weight excluding hydrogens is 273 g/mol. The zero-order valence-electron chi connectivity index (χ0n) is 8.58. The van der Waals surface area contributed by atoms with Gasteiger partial charge in [-0.05, 0) is 6.07 Å². The van der Waals surface area contributed by atoms with Crippen LogP contribution in [0, 0.1) is 15.9 Å². The molecule has 0 spiro atoms. The third kappa shape index (κ3) is 2.73. The van der Waals surface area contributed by atoms with Crippen LogP contribution >= 0.6 is 11.6 Å². The summed E-state index contributed by atoms with van der Waals surface area (Å²) in [6, 6.07) is 1.14. The van der Waals surface area contributed by atoms with Crippen LogP contribution in [-0.2, 0) is 4.79 Å². The highest BCUT2D eigenvalue weighted by molar-refractivity contribution is 6.31. The molecule has 0 heterocycles. The standard InChI is InChI=1S/C9H7ClFNO6/c10-4-2-6(12(17)18)5(11)1-3(4)7(13)8(14)9(15)16/h1-2,7-8,13-14H,(H,15,16). The van der Waals surface area contributed by atoms with Gasteiger partial charge in [0.25, 0.3) is 0 Å². The number of carboxylic acids is 1. The lowest BCUT2D eigenvalue weighted by Crippen LogP contribution is -2.27. The van der Waals surface area contributed by atoms with Crippen molar-refractivity contribution >= 4 is 23.3 Å². The second kappa shape index (κ2) is 5.25. The number of benzene rings is 1. The van der Waals surface area contributed by atoms with E-state index in [1.165, 1.54) is 0 Å². The highest BCUT2D eigenvalue weighted by Crippen LogP contribution is 2.31. The molecule has 18 heavy (non-hydrogen) atoms. The number of aliphatic hydroxyl groups is 2. The molecule has 1 aromatic carbocycles. The number of hydrogen-bond donors (Lipinski definition) is 3. The number of nitrogens with zero attached hydrogens (tertiary/aromatic N) is 1. The van der Waals surface area contributed by atoms with Gasteiger partial charge in [0.2, 0.25) is 5.82 Å². The topological polar surface area (TPSA) is 121 Å². The molecule has 2 unspecified atom stereocenters. The molecule has 0 saturated heterocycles. The molecule has 0 amide bonds. The highest BCUT2D eigenvalue weighted by atomic mass is 35.5. The molecule has 3 N–H and O–H groups in total. The maximum absolute atomic E-state index is 13.3. The SMILES string of the molecule is O=C(O)C(O)C(O)c1cc(F)c([N+](=O)[O-])cc1Cl. The molecule has 7 nitrogen and oxygen atoms in total. The normalized spacial score (nSPS) is 14.0. The van der Waals surface area contributed by atoms with Crippen molar-refractivity contribution in [2.45, 2.75) is 12.2 Å². The molecule has 98 valence electrons. The summed E-state index contributed by atoms with van der Waals surface area (Å²) >= 11 is 5.55. The predicted molar refractivity (Wildman–Crippen MR) is 56.7 cm³/mol. The average Bonchev–Trinajstić information content (AvgIpc) is 2.29. The molecule has 0 aromatic heterocycles. The monoisotopic (exact) mass is 279 g/mol. The van der Waals surface area contributed by atoms with Gasteiger partial charge in [0, 0.05) is 11.6 Å². The van der Waals surface area contributed by atoms with E-state index in [0.29, 0.717) is 12.1 Å². The van der Waals surface area contributed by atoms with Gasteiger partial charge in [0.05, 0.1) is 9.95 Å². The van der Waals surface area contributed by atoms with Crippen LogP contribution in [0.4, 0.5) is 10.1 Å². The number of aliphatic carboxylic acids is 1. The van der Waals surface area contributed by atoms with E-state index in [-0.39, 0.29) is 0 Å². The van der Waals surface area contributed by atoms with Gasteiger partial charge in [-0.15, -0.1) is 0 Å². The summed E-state index contributed by atoms with van der Waals surface area (Å²) in [6.07, 6.45) is -4.21. The number of hydrogen-bond acceptors (Lipinski definition) is 5. The van der Waals surface area contributed by atoms with Crippen LogP contribution in [0.5, 0.6) is 0 Å². The van der Waals surface area contributed by atoms with E-state index in [1.807, 2.05) is 0 Å². The van der Waals surface area contributed by atoms with Crippen molar-refractivity contribution in [1.82, 2.24) is 0 Å². The maximum atomic E-state index is 13.3. The first-order valence-corrected chi connectivity index (χ1v) is 4.85. The number of carbonyl (C=O) groups is 1. The van der Waals surface area contributed by atoms with E-state index in [9.17, 15) is 24.4 Å². The highest BCUT2D eigenvalue weighted by Gasteiger charge is 2.29. The van der Waals surface area contributed by atoms with E-state index in [0.717, 1.165) is 0 Å². The Hall–Kier alpha value is -1.77. The van der Waals surface area contributed by atoms with E-state index >= 15 is 0 Å². The van der Waals surface area contributed by atoms with E-state index in [1.54, 1.807) is 0 Å². The molecule has 2 atom stereocenters. The van der Waals surface area contributed by atoms with Crippen molar-refractivity contribution in [2.75, 3.05) is 0 Å². The first kappa shape index (κ1) is 14.3. The number of halogens is 2. The van der Waals surface area contributed by atoms with Gasteiger partial charge in [-0.2, -0.15) is 4.39 Å². The lowest BCUT2D eigenvalue weighted by molar-refractivity contribution is -0.387. The molecule has 0 aliphatic rings. The first-order valence-electron chi connectivity index (χ1n) is 4.48. The van der Waals surface area contributed by atoms with Gasteiger partial charge in [0.15, 0.2) is 6.10 Å². The lowest BCUT2D eigenvalue weighted by atomic mass is 10.0. The quantitative estimate of drug-likeness (QED) is 0.555. The molecule has 0 bridgehead atoms. The zero-order valence-corrected chi connectivity index (χ0v) is 9.33. The minimum atomic E-state index is -2.22. The Bertz CT molecular complexity index is 508. The maximum Gasteiger partial charge on any atom is 0.335 e. The van der Waals surface area contributed by atoms with Gasteiger partial charge < -0.3 is 15.3 Å². The van der Waals surface area contributed by atoms with Crippen molar-refractivity contribution in [2.24, 2.45) is 0 Å². The van der Waals surface area contributed by atoms with Crippen molar-refractivity contribution in [3.8, 4) is 0 Å². The third-order valence-corrected chi connectivity index (χ3v) is 2.46. The number of nitro benzene ring substituents is 1. The van der Waals surface area contributed by atoms with E-state index in [2.05, 4.69) is 0 Å². The minimum absolute atomic E-state index is 0.420. The smallest absolute Gasteiger partial charge is 0.335 e. The minimum Gasteiger partial charge on any atom is -0.479 e. The Kier molecular flexibility index (Phi) is 4.17. The predicted octanol–water partition coefficient (Wildman–Crippen LogP) is 0.866. The van der Waals surface area contributed by atoms with E-state index in [4.69, 9.17) is 21.8 Å². The molecular formula is C9H7ClFNO6. The fourth-order valence-electron chi connectivity index (χ4n) is 1.22. The Labute approximate surface area is 104 Å². The van der Waals surface area contributed by atoms with Crippen LogP contribution < -0.4 is 0 Å². The number of rotatable bonds is 4. The average molecular weight is 280 g/mol. The van der Waals surface area contributed by atoms with Crippen molar-refractivity contribution in [1.29, 1.82) is 0 Å². The summed E-state index contributed by atoms with van der Waals surface area (Å²) in [5, 5.41) is 37.0. The van der Waals surface area contributed by atoms with Crippen LogP contribution in [-0.4, -0.2) is 32.3 Å². The number of aliphatic hydroxyl groups excluding tert-OH is 2. The third-order valence-electron chi connectivity index (χ3n) is 2.13.